The fourth-order valence-corrected chi connectivity index (χ4v) is 4.00. The molecule has 0 bridgehead atoms. The van der Waals surface area contributed by atoms with Crippen LogP contribution < -0.4 is 0 Å². The van der Waals surface area contributed by atoms with Crippen molar-refractivity contribution in [1.82, 2.24) is 9.80 Å². The van der Waals surface area contributed by atoms with Crippen molar-refractivity contribution in [2.24, 2.45) is 0 Å². The second-order valence-electron chi connectivity index (χ2n) is 7.53. The molecule has 2 saturated heterocycles. The first-order valence-corrected chi connectivity index (χ1v) is 9.74. The minimum Gasteiger partial charge on any atom is -0.451 e. The average molecular weight is 370 g/mol. The average Bonchev–Trinajstić information content (AvgIpc) is 3.22. The summed E-state index contributed by atoms with van der Waals surface area (Å²) in [5, 5.41) is 0.981. The van der Waals surface area contributed by atoms with Gasteiger partial charge in [0, 0.05) is 43.7 Å². The Kier molecular flexibility index (Phi) is 4.91. The van der Waals surface area contributed by atoms with Crippen molar-refractivity contribution in [3.05, 3.63) is 35.1 Å². The summed E-state index contributed by atoms with van der Waals surface area (Å²) in [6.45, 7) is 6.96. The monoisotopic (exact) mass is 370 g/mol. The Morgan fingerprint density at radius 3 is 2.59 bits per heavy atom. The van der Waals surface area contributed by atoms with Crippen molar-refractivity contribution in [3.8, 4) is 0 Å². The van der Waals surface area contributed by atoms with Gasteiger partial charge in [-0.05, 0) is 44.7 Å². The quantitative estimate of drug-likeness (QED) is 0.815. The van der Waals surface area contributed by atoms with Crippen molar-refractivity contribution in [2.45, 2.75) is 39.2 Å². The molecule has 3 heterocycles. The topological polar surface area (TPSA) is 63.0 Å². The molecule has 27 heavy (non-hydrogen) atoms. The molecule has 0 spiro atoms. The van der Waals surface area contributed by atoms with Gasteiger partial charge in [0.1, 0.15) is 11.7 Å². The highest BCUT2D eigenvalue weighted by Crippen LogP contribution is 2.27. The fourth-order valence-electron chi connectivity index (χ4n) is 4.00. The van der Waals surface area contributed by atoms with Gasteiger partial charge in [0.05, 0.1) is 0 Å². The SMILES string of the molecule is Cc1ccc2c(C)c(C(=O)N3CCCN(C(=O)[C@@H]4CCCO4)CC3)oc2c1. The molecule has 4 rings (SSSR count). The van der Waals surface area contributed by atoms with Gasteiger partial charge in [-0.1, -0.05) is 12.1 Å². The summed E-state index contributed by atoms with van der Waals surface area (Å²) in [6.07, 6.45) is 2.21. The van der Waals surface area contributed by atoms with Gasteiger partial charge in [-0.25, -0.2) is 0 Å². The second kappa shape index (κ2) is 7.35. The van der Waals surface area contributed by atoms with Crippen molar-refractivity contribution in [1.29, 1.82) is 0 Å². The lowest BCUT2D eigenvalue weighted by atomic mass is 10.1. The van der Waals surface area contributed by atoms with Crippen LogP contribution in [-0.2, 0) is 9.53 Å². The van der Waals surface area contributed by atoms with Crippen LogP contribution in [0.1, 0.15) is 40.9 Å². The molecule has 2 aliphatic heterocycles. The number of hydrogen-bond acceptors (Lipinski definition) is 4. The predicted molar refractivity (Wildman–Crippen MR) is 102 cm³/mol. The van der Waals surface area contributed by atoms with Crippen LogP contribution in [-0.4, -0.2) is 60.5 Å². The number of benzene rings is 1. The zero-order valence-electron chi connectivity index (χ0n) is 16.0. The van der Waals surface area contributed by atoms with Crippen molar-refractivity contribution < 1.29 is 18.7 Å². The molecule has 2 aliphatic rings. The summed E-state index contributed by atoms with van der Waals surface area (Å²) < 4.78 is 11.4. The molecule has 144 valence electrons. The van der Waals surface area contributed by atoms with Gasteiger partial charge >= 0.3 is 0 Å². The summed E-state index contributed by atoms with van der Waals surface area (Å²) >= 11 is 0. The van der Waals surface area contributed by atoms with Gasteiger partial charge in [0.15, 0.2) is 5.76 Å². The number of hydrogen-bond donors (Lipinski definition) is 0. The van der Waals surface area contributed by atoms with E-state index in [4.69, 9.17) is 9.15 Å². The number of furan rings is 1. The standard InChI is InChI=1S/C21H26N2O4/c1-14-6-7-16-15(2)19(27-18(16)13-14)21(25)23-9-4-8-22(10-11-23)20(24)17-5-3-12-26-17/h6-7,13,17H,3-5,8-12H2,1-2H3/t17-/m0/s1. The normalized spacial score (nSPS) is 20.9. The van der Waals surface area contributed by atoms with E-state index in [1.54, 1.807) is 4.90 Å². The summed E-state index contributed by atoms with van der Waals surface area (Å²) in [6, 6.07) is 5.99. The third-order valence-electron chi connectivity index (χ3n) is 5.59. The highest BCUT2D eigenvalue weighted by atomic mass is 16.5. The summed E-state index contributed by atoms with van der Waals surface area (Å²) in [5.74, 6) is 0.388. The minimum atomic E-state index is -0.298. The molecule has 0 radical (unpaired) electrons. The maximum atomic E-state index is 13.1. The zero-order valence-corrected chi connectivity index (χ0v) is 16.0. The van der Waals surface area contributed by atoms with Gasteiger partial charge in [0.25, 0.3) is 11.8 Å². The van der Waals surface area contributed by atoms with E-state index in [0.29, 0.717) is 38.5 Å². The van der Waals surface area contributed by atoms with Gasteiger partial charge in [-0.15, -0.1) is 0 Å². The molecule has 2 fully saturated rings. The fraction of sp³-hybridized carbons (Fsp3) is 0.524. The van der Waals surface area contributed by atoms with Gasteiger partial charge in [0.2, 0.25) is 0 Å². The second-order valence-corrected chi connectivity index (χ2v) is 7.53. The van der Waals surface area contributed by atoms with Gasteiger partial charge in [-0.3, -0.25) is 9.59 Å². The van der Waals surface area contributed by atoms with Gasteiger partial charge in [-0.2, -0.15) is 0 Å². The molecule has 1 aromatic carbocycles. The number of nitrogens with zero attached hydrogens (tertiary/aromatic N) is 2. The molecule has 0 N–H and O–H groups in total. The highest BCUT2D eigenvalue weighted by Gasteiger charge is 2.31. The number of aryl methyl sites for hydroxylation is 2. The molecule has 0 unspecified atom stereocenters. The molecular weight excluding hydrogens is 344 g/mol. The Morgan fingerprint density at radius 2 is 1.81 bits per heavy atom. The van der Waals surface area contributed by atoms with Crippen LogP contribution in [0.15, 0.2) is 22.6 Å². The Bertz CT molecular complexity index is 866. The molecule has 2 aromatic rings. The molecule has 0 aliphatic carbocycles. The third-order valence-corrected chi connectivity index (χ3v) is 5.59. The molecule has 6 heteroatoms. The van der Waals surface area contributed by atoms with E-state index in [1.807, 2.05) is 36.9 Å². The summed E-state index contributed by atoms with van der Waals surface area (Å²) in [4.78, 5) is 29.3. The first-order chi connectivity index (χ1) is 13.0. The maximum absolute atomic E-state index is 13.1. The van der Waals surface area contributed by atoms with Crippen molar-refractivity contribution in [3.63, 3.8) is 0 Å². The van der Waals surface area contributed by atoms with E-state index in [1.165, 1.54) is 0 Å². The van der Waals surface area contributed by atoms with E-state index in [2.05, 4.69) is 0 Å². The zero-order chi connectivity index (χ0) is 19.0. The molecule has 1 atom stereocenters. The number of carbonyl (C=O) groups is 2. The van der Waals surface area contributed by atoms with Crippen LogP contribution in [0.4, 0.5) is 0 Å². The Labute approximate surface area is 159 Å². The van der Waals surface area contributed by atoms with Crippen molar-refractivity contribution in [2.75, 3.05) is 32.8 Å². The van der Waals surface area contributed by atoms with E-state index < -0.39 is 0 Å². The molecule has 1 aromatic heterocycles. The van der Waals surface area contributed by atoms with E-state index in [9.17, 15) is 9.59 Å². The number of rotatable bonds is 2. The number of fused-ring (bicyclic) bond motifs is 1. The van der Waals surface area contributed by atoms with Crippen LogP contribution in [0.2, 0.25) is 0 Å². The lowest BCUT2D eigenvalue weighted by Gasteiger charge is -2.24. The lowest BCUT2D eigenvalue weighted by molar-refractivity contribution is -0.140. The van der Waals surface area contributed by atoms with Crippen LogP contribution in [0.25, 0.3) is 11.0 Å². The number of ether oxygens (including phenoxy) is 1. The smallest absolute Gasteiger partial charge is 0.289 e. The number of carbonyl (C=O) groups excluding carboxylic acids is 2. The molecule has 2 amide bonds. The summed E-state index contributed by atoms with van der Waals surface area (Å²) in [7, 11) is 0. The van der Waals surface area contributed by atoms with Crippen LogP contribution in [0.3, 0.4) is 0 Å². The number of amides is 2. The van der Waals surface area contributed by atoms with E-state index >= 15 is 0 Å². The predicted octanol–water partition coefficient (Wildman–Crippen LogP) is 2.90. The molecule has 6 nitrogen and oxygen atoms in total. The molecule has 0 saturated carbocycles. The Balaban J connectivity index is 1.48. The van der Waals surface area contributed by atoms with Crippen LogP contribution in [0, 0.1) is 13.8 Å². The third kappa shape index (κ3) is 3.46. The Morgan fingerprint density at radius 1 is 1.04 bits per heavy atom. The molecular formula is C21H26N2O4. The summed E-state index contributed by atoms with van der Waals surface area (Å²) in [5.41, 5.74) is 2.74. The van der Waals surface area contributed by atoms with Crippen molar-refractivity contribution >= 4 is 22.8 Å². The largest absolute Gasteiger partial charge is 0.451 e. The maximum Gasteiger partial charge on any atom is 0.289 e. The van der Waals surface area contributed by atoms with Crippen LogP contribution in [0.5, 0.6) is 0 Å². The van der Waals surface area contributed by atoms with Gasteiger partial charge < -0.3 is 19.0 Å². The minimum absolute atomic E-state index is 0.0668. The Hall–Kier alpha value is -2.34. The van der Waals surface area contributed by atoms with E-state index in [0.717, 1.165) is 41.4 Å². The first kappa shape index (κ1) is 18.0. The van der Waals surface area contributed by atoms with Crippen LogP contribution >= 0.6 is 0 Å². The lowest BCUT2D eigenvalue weighted by Crippen LogP contribution is -2.41. The van der Waals surface area contributed by atoms with E-state index in [-0.39, 0.29) is 17.9 Å². The first-order valence-electron chi connectivity index (χ1n) is 9.74. The highest BCUT2D eigenvalue weighted by molar-refractivity contribution is 5.99.